The van der Waals surface area contributed by atoms with Crippen molar-refractivity contribution in [3.63, 3.8) is 0 Å². The Labute approximate surface area is 187 Å². The molecule has 1 unspecified atom stereocenters. The molecule has 1 aromatic heterocycles. The largest absolute Gasteiger partial charge is 0.486 e. The van der Waals surface area contributed by atoms with Gasteiger partial charge >= 0.3 is 0 Å². The van der Waals surface area contributed by atoms with Crippen LogP contribution in [-0.4, -0.2) is 60.6 Å². The van der Waals surface area contributed by atoms with Gasteiger partial charge in [0.05, 0.1) is 11.6 Å². The average Bonchev–Trinajstić information content (AvgIpc) is 3.22. The lowest BCUT2D eigenvalue weighted by atomic mass is 10.0. The van der Waals surface area contributed by atoms with Crippen molar-refractivity contribution < 1.29 is 19.1 Å². The van der Waals surface area contributed by atoms with Gasteiger partial charge < -0.3 is 19.7 Å². The van der Waals surface area contributed by atoms with E-state index >= 15 is 0 Å². The van der Waals surface area contributed by atoms with Gasteiger partial charge in [-0.1, -0.05) is 6.07 Å². The van der Waals surface area contributed by atoms with Gasteiger partial charge in [-0.05, 0) is 37.1 Å². The molecule has 0 radical (unpaired) electrons. The third-order valence-corrected chi connectivity index (χ3v) is 6.38. The molecule has 4 heterocycles. The summed E-state index contributed by atoms with van der Waals surface area (Å²) in [6.07, 6.45) is 3.87. The molecular formula is C24H28N4O4. The Morgan fingerprint density at radius 1 is 1.09 bits per heavy atom. The van der Waals surface area contributed by atoms with Crippen LogP contribution in [0.15, 0.2) is 42.6 Å². The van der Waals surface area contributed by atoms with E-state index in [2.05, 4.69) is 15.2 Å². The first-order valence-corrected chi connectivity index (χ1v) is 11.3. The van der Waals surface area contributed by atoms with Gasteiger partial charge in [-0.2, -0.15) is 0 Å². The number of likely N-dealkylation sites (tertiary alicyclic amines) is 1. The van der Waals surface area contributed by atoms with E-state index in [4.69, 9.17) is 9.47 Å². The average molecular weight is 437 g/mol. The number of fused-ring (bicyclic) bond motifs is 1. The number of piperidine rings is 1. The number of pyridine rings is 1. The minimum absolute atomic E-state index is 0.0263. The van der Waals surface area contributed by atoms with Crippen LogP contribution in [0.1, 0.15) is 25.0 Å². The Kier molecular flexibility index (Phi) is 5.94. The van der Waals surface area contributed by atoms with E-state index in [1.807, 2.05) is 42.6 Å². The fourth-order valence-electron chi connectivity index (χ4n) is 4.61. The maximum Gasteiger partial charge on any atom is 0.227 e. The third kappa shape index (κ3) is 4.55. The van der Waals surface area contributed by atoms with Crippen molar-refractivity contribution in [2.24, 2.45) is 5.92 Å². The summed E-state index contributed by atoms with van der Waals surface area (Å²) in [5.74, 6) is 0.943. The molecule has 2 saturated heterocycles. The highest BCUT2D eigenvalue weighted by Crippen LogP contribution is 2.36. The molecular weight excluding hydrogens is 408 g/mol. The molecule has 8 heteroatoms. The normalized spacial score (nSPS) is 21.6. The van der Waals surface area contributed by atoms with Gasteiger partial charge in [-0.25, -0.2) is 0 Å². The van der Waals surface area contributed by atoms with Crippen LogP contribution in [0.2, 0.25) is 0 Å². The zero-order valence-corrected chi connectivity index (χ0v) is 18.0. The van der Waals surface area contributed by atoms with Gasteiger partial charge in [0, 0.05) is 56.6 Å². The number of amides is 2. The highest BCUT2D eigenvalue weighted by molar-refractivity contribution is 6.00. The van der Waals surface area contributed by atoms with Crippen LogP contribution < -0.4 is 19.7 Å². The zero-order valence-electron chi connectivity index (χ0n) is 18.0. The summed E-state index contributed by atoms with van der Waals surface area (Å²) >= 11 is 0. The van der Waals surface area contributed by atoms with Crippen LogP contribution in [0.25, 0.3) is 0 Å². The molecule has 0 aliphatic carbocycles. The number of carbonyl (C=O) groups is 2. The number of nitrogens with one attached hydrogen (secondary N) is 1. The highest BCUT2D eigenvalue weighted by Gasteiger charge is 2.36. The summed E-state index contributed by atoms with van der Waals surface area (Å²) in [6.45, 7) is 4.10. The fourth-order valence-corrected chi connectivity index (χ4v) is 4.61. The third-order valence-electron chi connectivity index (χ3n) is 6.38. The van der Waals surface area contributed by atoms with Crippen LogP contribution in [0.3, 0.4) is 0 Å². The van der Waals surface area contributed by atoms with Crippen LogP contribution in [0, 0.1) is 5.92 Å². The molecule has 8 nitrogen and oxygen atoms in total. The number of benzene rings is 1. The van der Waals surface area contributed by atoms with Gasteiger partial charge in [0.2, 0.25) is 11.8 Å². The predicted octanol–water partition coefficient (Wildman–Crippen LogP) is 1.99. The van der Waals surface area contributed by atoms with Crippen LogP contribution in [0.4, 0.5) is 5.69 Å². The quantitative estimate of drug-likeness (QED) is 0.772. The SMILES string of the molecule is O=C(NC1CCN(Cc2ccccn2)CC1)C1CC(=O)N(c2ccc3c(c2)OCCO3)C1. The Morgan fingerprint density at radius 3 is 2.69 bits per heavy atom. The summed E-state index contributed by atoms with van der Waals surface area (Å²) in [5, 5.41) is 3.18. The van der Waals surface area contributed by atoms with Crippen LogP contribution in [-0.2, 0) is 16.1 Å². The minimum atomic E-state index is -0.331. The molecule has 1 aromatic carbocycles. The van der Waals surface area contributed by atoms with Gasteiger partial charge in [-0.3, -0.25) is 19.5 Å². The maximum absolute atomic E-state index is 12.9. The standard InChI is InChI=1S/C24H28N4O4/c29-23-13-17(15-28(23)20-4-5-21-22(14-20)32-12-11-31-21)24(30)26-18-6-9-27(10-7-18)16-19-3-1-2-8-25-19/h1-5,8,14,17-18H,6-7,9-13,15-16H2,(H,26,30). The summed E-state index contributed by atoms with van der Waals surface area (Å²) in [7, 11) is 0. The number of ether oxygens (including phenoxy) is 2. The first-order chi connectivity index (χ1) is 15.7. The summed E-state index contributed by atoms with van der Waals surface area (Å²) in [5.41, 5.74) is 1.82. The van der Waals surface area contributed by atoms with Gasteiger partial charge in [0.1, 0.15) is 13.2 Å². The van der Waals surface area contributed by atoms with Gasteiger partial charge in [0.15, 0.2) is 11.5 Å². The van der Waals surface area contributed by atoms with E-state index in [-0.39, 0.29) is 30.2 Å². The lowest BCUT2D eigenvalue weighted by molar-refractivity contribution is -0.127. The van der Waals surface area contributed by atoms with E-state index in [0.717, 1.165) is 43.9 Å². The first kappa shape index (κ1) is 20.8. The van der Waals surface area contributed by atoms with E-state index in [1.165, 1.54) is 0 Å². The van der Waals surface area contributed by atoms with Crippen LogP contribution in [0.5, 0.6) is 11.5 Å². The second-order valence-electron chi connectivity index (χ2n) is 8.61. The number of nitrogens with zero attached hydrogens (tertiary/aromatic N) is 3. The Balaban J connectivity index is 1.13. The zero-order chi connectivity index (χ0) is 21.9. The lowest BCUT2D eigenvalue weighted by Gasteiger charge is -2.32. The Hall–Kier alpha value is -3.13. The predicted molar refractivity (Wildman–Crippen MR) is 119 cm³/mol. The highest BCUT2D eigenvalue weighted by atomic mass is 16.6. The van der Waals surface area contributed by atoms with E-state index in [0.29, 0.717) is 31.3 Å². The second kappa shape index (κ2) is 9.16. The monoisotopic (exact) mass is 436 g/mol. The maximum atomic E-state index is 12.9. The topological polar surface area (TPSA) is 84.0 Å². The first-order valence-electron chi connectivity index (χ1n) is 11.3. The van der Waals surface area contributed by atoms with Crippen molar-refractivity contribution >= 4 is 17.5 Å². The molecule has 2 amide bonds. The summed E-state index contributed by atoms with van der Waals surface area (Å²) < 4.78 is 11.2. The van der Waals surface area contributed by atoms with E-state index in [1.54, 1.807) is 4.90 Å². The van der Waals surface area contributed by atoms with Crippen molar-refractivity contribution in [3.05, 3.63) is 48.3 Å². The molecule has 0 saturated carbocycles. The number of rotatable bonds is 5. The fraction of sp³-hybridized carbons (Fsp3) is 0.458. The molecule has 0 spiro atoms. The van der Waals surface area contributed by atoms with E-state index in [9.17, 15) is 9.59 Å². The van der Waals surface area contributed by atoms with Crippen molar-refractivity contribution in [3.8, 4) is 11.5 Å². The second-order valence-corrected chi connectivity index (χ2v) is 8.61. The molecule has 5 rings (SSSR count). The summed E-state index contributed by atoms with van der Waals surface area (Å²) in [4.78, 5) is 34.0. The number of hydrogen-bond acceptors (Lipinski definition) is 6. The molecule has 3 aliphatic heterocycles. The van der Waals surface area contributed by atoms with Crippen molar-refractivity contribution in [2.75, 3.05) is 37.7 Å². The Bertz CT molecular complexity index is 975. The van der Waals surface area contributed by atoms with Crippen molar-refractivity contribution in [1.29, 1.82) is 0 Å². The minimum Gasteiger partial charge on any atom is -0.486 e. The lowest BCUT2D eigenvalue weighted by Crippen LogP contribution is -2.46. The number of hydrogen-bond donors (Lipinski definition) is 1. The molecule has 0 bridgehead atoms. The van der Waals surface area contributed by atoms with Crippen LogP contribution >= 0.6 is 0 Å². The molecule has 3 aliphatic rings. The van der Waals surface area contributed by atoms with Crippen molar-refractivity contribution in [1.82, 2.24) is 15.2 Å². The molecule has 168 valence electrons. The molecule has 1 N–H and O–H groups in total. The number of carbonyl (C=O) groups excluding carboxylic acids is 2. The molecule has 2 aromatic rings. The molecule has 1 atom stereocenters. The number of aromatic nitrogens is 1. The van der Waals surface area contributed by atoms with Crippen molar-refractivity contribution in [2.45, 2.75) is 31.8 Å². The van der Waals surface area contributed by atoms with E-state index < -0.39 is 0 Å². The number of anilines is 1. The molecule has 32 heavy (non-hydrogen) atoms. The Morgan fingerprint density at radius 2 is 1.91 bits per heavy atom. The summed E-state index contributed by atoms with van der Waals surface area (Å²) in [6, 6.07) is 11.6. The van der Waals surface area contributed by atoms with Gasteiger partial charge in [0.25, 0.3) is 0 Å². The van der Waals surface area contributed by atoms with Gasteiger partial charge in [-0.15, -0.1) is 0 Å². The molecule has 2 fully saturated rings. The smallest absolute Gasteiger partial charge is 0.227 e.